The Hall–Kier alpha value is -1.38. The molecule has 1 amide bonds. The number of hydrogen-bond donors (Lipinski definition) is 2. The number of thiophene rings is 1. The van der Waals surface area contributed by atoms with Crippen molar-refractivity contribution in [2.75, 3.05) is 18.4 Å². The minimum atomic E-state index is -0.378. The van der Waals surface area contributed by atoms with E-state index >= 15 is 0 Å². The van der Waals surface area contributed by atoms with Crippen molar-refractivity contribution >= 4 is 22.2 Å². The number of anilines is 1. The van der Waals surface area contributed by atoms with Gasteiger partial charge in [0.2, 0.25) is 5.91 Å². The molecule has 102 valence electrons. The molecule has 0 saturated carbocycles. The zero-order valence-electron chi connectivity index (χ0n) is 11.6. The first-order valence-corrected chi connectivity index (χ1v) is 7.32. The summed E-state index contributed by atoms with van der Waals surface area (Å²) >= 11 is 1.48. The van der Waals surface area contributed by atoms with Gasteiger partial charge in [-0.05, 0) is 45.7 Å². The third-order valence-electron chi connectivity index (χ3n) is 3.87. The highest BCUT2D eigenvalue weighted by atomic mass is 32.1. The van der Waals surface area contributed by atoms with Crippen molar-refractivity contribution in [3.8, 4) is 6.07 Å². The van der Waals surface area contributed by atoms with E-state index in [2.05, 4.69) is 16.7 Å². The number of nitriles is 1. The number of nitrogens with one attached hydrogen (secondary N) is 2. The number of nitrogens with zero attached hydrogens (tertiary/aromatic N) is 1. The summed E-state index contributed by atoms with van der Waals surface area (Å²) in [5.74, 6) is 0.0115. The average Bonchev–Trinajstić information content (AvgIpc) is 2.65. The summed E-state index contributed by atoms with van der Waals surface area (Å²) in [6, 6.07) is 2.19. The van der Waals surface area contributed by atoms with Crippen molar-refractivity contribution in [1.29, 1.82) is 5.26 Å². The van der Waals surface area contributed by atoms with Gasteiger partial charge in [-0.15, -0.1) is 11.3 Å². The lowest BCUT2D eigenvalue weighted by Gasteiger charge is -2.32. The lowest BCUT2D eigenvalue weighted by Crippen LogP contribution is -2.46. The predicted molar refractivity (Wildman–Crippen MR) is 77.3 cm³/mol. The highest BCUT2D eigenvalue weighted by molar-refractivity contribution is 7.16. The molecule has 1 aliphatic heterocycles. The first kappa shape index (κ1) is 14.0. The SMILES string of the molecule is Cc1sc(NC(=O)C2(C)CCCNC2)c(C#N)c1C. The van der Waals surface area contributed by atoms with E-state index in [1.54, 1.807) is 0 Å². The molecule has 19 heavy (non-hydrogen) atoms. The molecule has 1 saturated heterocycles. The molecule has 1 atom stereocenters. The normalized spacial score (nSPS) is 22.8. The van der Waals surface area contributed by atoms with Crippen LogP contribution in [-0.4, -0.2) is 19.0 Å². The maximum atomic E-state index is 12.4. The second kappa shape index (κ2) is 5.32. The van der Waals surface area contributed by atoms with Gasteiger partial charge in [0, 0.05) is 11.4 Å². The smallest absolute Gasteiger partial charge is 0.232 e. The molecule has 1 unspecified atom stereocenters. The van der Waals surface area contributed by atoms with Crippen LogP contribution in [0, 0.1) is 30.6 Å². The summed E-state index contributed by atoms with van der Waals surface area (Å²) in [7, 11) is 0. The Bertz CT molecular complexity index is 536. The van der Waals surface area contributed by atoms with E-state index in [0.29, 0.717) is 17.1 Å². The summed E-state index contributed by atoms with van der Waals surface area (Å²) in [5, 5.41) is 16.1. The molecule has 1 aromatic heterocycles. The van der Waals surface area contributed by atoms with Gasteiger partial charge in [-0.3, -0.25) is 4.79 Å². The molecule has 0 spiro atoms. The van der Waals surface area contributed by atoms with Gasteiger partial charge in [0.25, 0.3) is 0 Å². The Labute approximate surface area is 117 Å². The Balaban J connectivity index is 2.20. The number of rotatable bonds is 2. The molecule has 5 heteroatoms. The molecule has 2 heterocycles. The quantitative estimate of drug-likeness (QED) is 0.873. The first-order valence-electron chi connectivity index (χ1n) is 6.50. The van der Waals surface area contributed by atoms with E-state index in [1.807, 2.05) is 20.8 Å². The fraction of sp³-hybridized carbons (Fsp3) is 0.571. The minimum absolute atomic E-state index is 0.0115. The van der Waals surface area contributed by atoms with Crippen LogP contribution in [0.15, 0.2) is 0 Å². The first-order chi connectivity index (χ1) is 8.98. The van der Waals surface area contributed by atoms with Gasteiger partial charge in [0.15, 0.2) is 0 Å². The van der Waals surface area contributed by atoms with E-state index in [4.69, 9.17) is 0 Å². The Morgan fingerprint density at radius 3 is 2.84 bits per heavy atom. The fourth-order valence-electron chi connectivity index (χ4n) is 2.35. The Morgan fingerprint density at radius 2 is 2.26 bits per heavy atom. The number of aryl methyl sites for hydroxylation is 1. The summed E-state index contributed by atoms with van der Waals surface area (Å²) in [5.41, 5.74) is 1.19. The van der Waals surface area contributed by atoms with E-state index < -0.39 is 0 Å². The fourth-order valence-corrected chi connectivity index (χ4v) is 3.36. The molecule has 1 aromatic rings. The number of carbonyl (C=O) groups excluding carboxylic acids is 1. The lowest BCUT2D eigenvalue weighted by atomic mass is 9.82. The summed E-state index contributed by atoms with van der Waals surface area (Å²) in [4.78, 5) is 13.5. The lowest BCUT2D eigenvalue weighted by molar-refractivity contribution is -0.125. The van der Waals surface area contributed by atoms with Gasteiger partial charge in [0.05, 0.1) is 11.0 Å². The molecule has 2 N–H and O–H groups in total. The molecule has 2 rings (SSSR count). The zero-order valence-corrected chi connectivity index (χ0v) is 12.4. The number of carbonyl (C=O) groups is 1. The van der Waals surface area contributed by atoms with E-state index in [9.17, 15) is 10.1 Å². The van der Waals surface area contributed by atoms with Crippen LogP contribution in [0.25, 0.3) is 0 Å². The maximum absolute atomic E-state index is 12.4. The molecule has 0 aromatic carbocycles. The third-order valence-corrected chi connectivity index (χ3v) is 4.99. The Morgan fingerprint density at radius 1 is 1.53 bits per heavy atom. The van der Waals surface area contributed by atoms with Crippen molar-refractivity contribution in [3.05, 3.63) is 16.0 Å². The molecule has 1 fully saturated rings. The summed E-state index contributed by atoms with van der Waals surface area (Å²) in [6.45, 7) is 7.55. The van der Waals surface area contributed by atoms with Crippen LogP contribution in [-0.2, 0) is 4.79 Å². The predicted octanol–water partition coefficient (Wildman–Crippen LogP) is 2.56. The van der Waals surface area contributed by atoms with Crippen molar-refractivity contribution in [2.45, 2.75) is 33.6 Å². The second-order valence-corrected chi connectivity index (χ2v) is 6.62. The minimum Gasteiger partial charge on any atom is -0.316 e. The molecule has 0 radical (unpaired) electrons. The zero-order chi connectivity index (χ0) is 14.0. The van der Waals surface area contributed by atoms with Gasteiger partial charge in [0.1, 0.15) is 11.1 Å². The van der Waals surface area contributed by atoms with E-state index in [0.717, 1.165) is 29.8 Å². The van der Waals surface area contributed by atoms with Crippen LogP contribution in [0.2, 0.25) is 0 Å². The van der Waals surface area contributed by atoms with Crippen molar-refractivity contribution in [3.63, 3.8) is 0 Å². The highest BCUT2D eigenvalue weighted by Crippen LogP contribution is 2.34. The van der Waals surface area contributed by atoms with Crippen LogP contribution >= 0.6 is 11.3 Å². The summed E-state index contributed by atoms with van der Waals surface area (Å²) in [6.07, 6.45) is 1.90. The number of piperidine rings is 1. The summed E-state index contributed by atoms with van der Waals surface area (Å²) < 4.78 is 0. The average molecular weight is 277 g/mol. The molecule has 0 aliphatic carbocycles. The van der Waals surface area contributed by atoms with Gasteiger partial charge < -0.3 is 10.6 Å². The molecule has 0 bridgehead atoms. The van der Waals surface area contributed by atoms with Crippen molar-refractivity contribution in [1.82, 2.24) is 5.32 Å². The van der Waals surface area contributed by atoms with Crippen LogP contribution < -0.4 is 10.6 Å². The van der Waals surface area contributed by atoms with Gasteiger partial charge in [-0.2, -0.15) is 5.26 Å². The molecule has 1 aliphatic rings. The van der Waals surface area contributed by atoms with Crippen LogP contribution in [0.4, 0.5) is 5.00 Å². The van der Waals surface area contributed by atoms with Crippen LogP contribution in [0.5, 0.6) is 0 Å². The second-order valence-electron chi connectivity index (χ2n) is 5.39. The topological polar surface area (TPSA) is 64.9 Å². The van der Waals surface area contributed by atoms with Crippen LogP contribution in [0.1, 0.15) is 35.8 Å². The standard InChI is InChI=1S/C14H19N3OS/c1-9-10(2)19-12(11(9)7-15)17-13(18)14(3)5-4-6-16-8-14/h16H,4-6,8H2,1-3H3,(H,17,18). The third kappa shape index (κ3) is 2.65. The maximum Gasteiger partial charge on any atom is 0.232 e. The number of amides is 1. The largest absolute Gasteiger partial charge is 0.316 e. The Kier molecular flexibility index (Phi) is 3.93. The molecule has 4 nitrogen and oxygen atoms in total. The molecular formula is C14H19N3OS. The monoisotopic (exact) mass is 277 g/mol. The number of hydrogen-bond acceptors (Lipinski definition) is 4. The van der Waals surface area contributed by atoms with Crippen LogP contribution in [0.3, 0.4) is 0 Å². The van der Waals surface area contributed by atoms with Gasteiger partial charge in [-0.25, -0.2) is 0 Å². The van der Waals surface area contributed by atoms with E-state index in [-0.39, 0.29) is 11.3 Å². The highest BCUT2D eigenvalue weighted by Gasteiger charge is 2.35. The van der Waals surface area contributed by atoms with E-state index in [1.165, 1.54) is 11.3 Å². The van der Waals surface area contributed by atoms with Crippen molar-refractivity contribution < 1.29 is 4.79 Å². The molecular weight excluding hydrogens is 258 g/mol. The van der Waals surface area contributed by atoms with Gasteiger partial charge >= 0.3 is 0 Å². The van der Waals surface area contributed by atoms with Gasteiger partial charge in [-0.1, -0.05) is 0 Å². The van der Waals surface area contributed by atoms with Crippen molar-refractivity contribution in [2.24, 2.45) is 5.41 Å².